The number of amides is 2. The van der Waals surface area contributed by atoms with E-state index < -0.39 is 0 Å². The van der Waals surface area contributed by atoms with Gasteiger partial charge >= 0.3 is 6.03 Å². The molecule has 0 radical (unpaired) electrons. The summed E-state index contributed by atoms with van der Waals surface area (Å²) >= 11 is 1.54. The van der Waals surface area contributed by atoms with Crippen LogP contribution >= 0.6 is 11.3 Å². The number of urea groups is 1. The largest absolute Gasteiger partial charge is 0.385 e. The van der Waals surface area contributed by atoms with Gasteiger partial charge in [0.25, 0.3) is 0 Å². The van der Waals surface area contributed by atoms with Crippen LogP contribution in [0.3, 0.4) is 0 Å². The lowest BCUT2D eigenvalue weighted by atomic mass is 10.2. The fraction of sp³-hybridized carbons (Fsp3) is 0.545. The number of hydrogen-bond donors (Lipinski definition) is 1. The van der Waals surface area contributed by atoms with Crippen molar-refractivity contribution in [2.75, 3.05) is 6.54 Å². The Kier molecular flexibility index (Phi) is 2.39. The number of aliphatic imine (C=N–C) groups is 1. The van der Waals surface area contributed by atoms with Crippen LogP contribution in [0.5, 0.6) is 0 Å². The molecule has 1 aromatic heterocycles. The first-order valence-electron chi connectivity index (χ1n) is 5.72. The smallest absolute Gasteiger partial charge is 0.346 e. The second-order valence-electron chi connectivity index (χ2n) is 4.64. The number of nitrogens with two attached hydrogens (primary N) is 1. The van der Waals surface area contributed by atoms with Gasteiger partial charge in [-0.15, -0.1) is 11.3 Å². The van der Waals surface area contributed by atoms with E-state index in [4.69, 9.17) is 5.73 Å². The number of thiazole rings is 1. The number of hydrogen-bond acceptors (Lipinski definition) is 4. The summed E-state index contributed by atoms with van der Waals surface area (Å²) in [6, 6.07) is -0.450. The van der Waals surface area contributed by atoms with Gasteiger partial charge in [-0.3, -0.25) is 0 Å². The predicted octanol–water partition coefficient (Wildman–Crippen LogP) is 1.70. The van der Waals surface area contributed by atoms with Gasteiger partial charge in [0.1, 0.15) is 16.9 Å². The van der Waals surface area contributed by atoms with Gasteiger partial charge < -0.3 is 10.6 Å². The minimum atomic E-state index is -0.234. The van der Waals surface area contributed by atoms with Crippen molar-refractivity contribution in [3.8, 4) is 0 Å². The van der Waals surface area contributed by atoms with Gasteiger partial charge in [0.05, 0.1) is 0 Å². The third-order valence-electron chi connectivity index (χ3n) is 3.08. The second-order valence-corrected chi connectivity index (χ2v) is 5.53. The first kappa shape index (κ1) is 10.7. The van der Waals surface area contributed by atoms with E-state index in [0.29, 0.717) is 11.8 Å². The maximum Gasteiger partial charge on any atom is 0.346 e. The third kappa shape index (κ3) is 1.93. The zero-order chi connectivity index (χ0) is 12.0. The SMILES string of the molecule is Cc1csc(C2C(N)=NC(=O)N2CC2CC2)n1. The lowest BCUT2D eigenvalue weighted by molar-refractivity contribution is 0.203. The average Bonchev–Trinajstić information content (AvgIpc) is 2.92. The molecule has 1 aromatic rings. The average molecular weight is 250 g/mol. The monoisotopic (exact) mass is 250 g/mol. The molecule has 2 N–H and O–H groups in total. The summed E-state index contributed by atoms with van der Waals surface area (Å²) in [5.41, 5.74) is 6.81. The Labute approximate surface area is 103 Å². The molecule has 90 valence electrons. The summed E-state index contributed by atoms with van der Waals surface area (Å²) in [4.78, 5) is 21.8. The zero-order valence-corrected chi connectivity index (χ0v) is 10.4. The van der Waals surface area contributed by atoms with Crippen molar-refractivity contribution < 1.29 is 4.79 Å². The van der Waals surface area contributed by atoms with Crippen molar-refractivity contribution >= 4 is 23.2 Å². The molecule has 6 heteroatoms. The highest BCUT2D eigenvalue weighted by Gasteiger charge is 2.39. The molecule has 1 aliphatic heterocycles. The maximum atomic E-state index is 11.8. The Morgan fingerprint density at radius 1 is 1.59 bits per heavy atom. The fourth-order valence-electron chi connectivity index (χ4n) is 2.03. The van der Waals surface area contributed by atoms with Gasteiger partial charge in [-0.25, -0.2) is 9.78 Å². The van der Waals surface area contributed by atoms with Crippen molar-refractivity contribution in [3.05, 3.63) is 16.1 Å². The second kappa shape index (κ2) is 3.80. The maximum absolute atomic E-state index is 11.8. The summed E-state index contributed by atoms with van der Waals surface area (Å²) in [7, 11) is 0. The molecule has 17 heavy (non-hydrogen) atoms. The Bertz CT molecular complexity index is 491. The molecule has 3 rings (SSSR count). The molecular weight excluding hydrogens is 236 g/mol. The van der Waals surface area contributed by atoms with E-state index in [1.165, 1.54) is 24.2 Å². The molecule has 1 atom stereocenters. The van der Waals surface area contributed by atoms with Crippen molar-refractivity contribution in [2.24, 2.45) is 16.6 Å². The third-order valence-corrected chi connectivity index (χ3v) is 4.10. The number of aromatic nitrogens is 1. The van der Waals surface area contributed by atoms with Crippen LogP contribution < -0.4 is 5.73 Å². The van der Waals surface area contributed by atoms with Gasteiger partial charge in [-0.05, 0) is 25.7 Å². The van der Waals surface area contributed by atoms with Crippen molar-refractivity contribution in [1.82, 2.24) is 9.88 Å². The first-order chi connectivity index (χ1) is 8.15. The van der Waals surface area contributed by atoms with Crippen molar-refractivity contribution in [3.63, 3.8) is 0 Å². The van der Waals surface area contributed by atoms with Crippen LogP contribution in [0.4, 0.5) is 4.79 Å². The quantitative estimate of drug-likeness (QED) is 0.887. The topological polar surface area (TPSA) is 71.6 Å². The van der Waals surface area contributed by atoms with Crippen LogP contribution in [0, 0.1) is 12.8 Å². The summed E-state index contributed by atoms with van der Waals surface area (Å²) in [6.07, 6.45) is 2.40. The van der Waals surface area contributed by atoms with Crippen LogP contribution in [0.1, 0.15) is 29.6 Å². The molecule has 2 heterocycles. The van der Waals surface area contributed by atoms with Gasteiger partial charge in [0.15, 0.2) is 0 Å². The minimum absolute atomic E-state index is 0.216. The van der Waals surface area contributed by atoms with E-state index in [1.807, 2.05) is 12.3 Å². The van der Waals surface area contributed by atoms with Crippen molar-refractivity contribution in [2.45, 2.75) is 25.8 Å². The molecule has 1 saturated carbocycles. The summed E-state index contributed by atoms with van der Waals surface area (Å²) in [6.45, 7) is 2.70. The van der Waals surface area contributed by atoms with Crippen LogP contribution in [0.2, 0.25) is 0 Å². The number of carbonyl (C=O) groups is 1. The van der Waals surface area contributed by atoms with Crippen LogP contribution in [0.25, 0.3) is 0 Å². The van der Waals surface area contributed by atoms with Crippen LogP contribution in [-0.2, 0) is 0 Å². The lowest BCUT2D eigenvalue weighted by Crippen LogP contribution is -2.34. The fourth-order valence-corrected chi connectivity index (χ4v) is 2.94. The Hall–Kier alpha value is -1.43. The van der Waals surface area contributed by atoms with Gasteiger partial charge in [-0.2, -0.15) is 4.99 Å². The van der Waals surface area contributed by atoms with Gasteiger partial charge in [0.2, 0.25) is 0 Å². The zero-order valence-electron chi connectivity index (χ0n) is 9.59. The summed E-state index contributed by atoms with van der Waals surface area (Å²) in [5, 5.41) is 2.84. The van der Waals surface area contributed by atoms with E-state index in [0.717, 1.165) is 17.2 Å². The van der Waals surface area contributed by atoms with Gasteiger partial charge in [-0.1, -0.05) is 0 Å². The Morgan fingerprint density at radius 3 is 2.94 bits per heavy atom. The van der Waals surface area contributed by atoms with E-state index in [-0.39, 0.29) is 12.1 Å². The molecule has 0 aromatic carbocycles. The molecule has 0 saturated heterocycles. The molecule has 1 fully saturated rings. The molecule has 1 unspecified atom stereocenters. The molecule has 0 spiro atoms. The van der Waals surface area contributed by atoms with E-state index >= 15 is 0 Å². The molecule has 2 aliphatic rings. The normalized spacial score (nSPS) is 24.3. The molecule has 0 bridgehead atoms. The number of carbonyl (C=O) groups excluding carboxylic acids is 1. The number of rotatable bonds is 3. The predicted molar refractivity (Wildman–Crippen MR) is 66.0 cm³/mol. The van der Waals surface area contributed by atoms with Crippen molar-refractivity contribution in [1.29, 1.82) is 0 Å². The first-order valence-corrected chi connectivity index (χ1v) is 6.60. The molecule has 1 aliphatic carbocycles. The highest BCUT2D eigenvalue weighted by Crippen LogP contribution is 2.36. The number of nitrogens with zero attached hydrogens (tertiary/aromatic N) is 3. The Morgan fingerprint density at radius 2 is 2.35 bits per heavy atom. The number of amidine groups is 1. The van der Waals surface area contributed by atoms with Crippen LogP contribution in [0.15, 0.2) is 10.4 Å². The molecule has 5 nitrogen and oxygen atoms in total. The lowest BCUT2D eigenvalue weighted by Gasteiger charge is -2.22. The Balaban J connectivity index is 1.88. The highest BCUT2D eigenvalue weighted by molar-refractivity contribution is 7.09. The molecule has 2 amide bonds. The number of aryl methyl sites for hydroxylation is 1. The summed E-state index contributed by atoms with van der Waals surface area (Å²) in [5.74, 6) is 1.01. The van der Waals surface area contributed by atoms with E-state index in [1.54, 1.807) is 4.90 Å². The summed E-state index contributed by atoms with van der Waals surface area (Å²) < 4.78 is 0. The van der Waals surface area contributed by atoms with Gasteiger partial charge in [0, 0.05) is 17.6 Å². The van der Waals surface area contributed by atoms with Crippen LogP contribution in [-0.4, -0.2) is 28.3 Å². The highest BCUT2D eigenvalue weighted by atomic mass is 32.1. The molecular formula is C11H14N4OS. The van der Waals surface area contributed by atoms with E-state index in [2.05, 4.69) is 9.98 Å². The minimum Gasteiger partial charge on any atom is -0.385 e. The standard InChI is InChI=1S/C11H14N4OS/c1-6-5-17-10(13-6)8-9(12)14-11(16)15(8)4-7-2-3-7/h5,7-8H,2-4H2,1H3,(H2,12,14,16). The van der Waals surface area contributed by atoms with E-state index in [9.17, 15) is 4.79 Å².